The molecule has 0 radical (unpaired) electrons. The number of rotatable bonds is 6. The fraction of sp³-hybridized carbons (Fsp3) is 0.316. The Morgan fingerprint density at radius 3 is 2.48 bits per heavy atom. The average Bonchev–Trinajstić information content (AvgIpc) is 2.98. The number of nitrogens with zero attached hydrogens (tertiary/aromatic N) is 1. The van der Waals surface area contributed by atoms with Crippen molar-refractivity contribution in [3.63, 3.8) is 0 Å². The van der Waals surface area contributed by atoms with Crippen molar-refractivity contribution in [1.29, 1.82) is 0 Å². The Kier molecular flexibility index (Phi) is 4.35. The van der Waals surface area contributed by atoms with Gasteiger partial charge in [-0.25, -0.2) is 4.98 Å². The molecule has 4 heteroatoms. The highest BCUT2D eigenvalue weighted by molar-refractivity contribution is 5.77. The lowest BCUT2D eigenvalue weighted by atomic mass is 9.75. The van der Waals surface area contributed by atoms with E-state index in [4.69, 9.17) is 0 Å². The van der Waals surface area contributed by atoms with Gasteiger partial charge < -0.3 is 15.4 Å². The first-order valence-corrected chi connectivity index (χ1v) is 7.94. The van der Waals surface area contributed by atoms with Crippen LogP contribution < -0.4 is 5.32 Å². The van der Waals surface area contributed by atoms with Gasteiger partial charge in [0.15, 0.2) is 0 Å². The second-order valence-electron chi connectivity index (χ2n) is 6.59. The zero-order valence-electron chi connectivity index (χ0n) is 13.6. The average molecular weight is 309 g/mol. The molecule has 0 bridgehead atoms. The minimum atomic E-state index is -0.222. The summed E-state index contributed by atoms with van der Waals surface area (Å²) in [6.45, 7) is 5.02. The molecule has 1 heterocycles. The van der Waals surface area contributed by atoms with Gasteiger partial charge >= 0.3 is 0 Å². The van der Waals surface area contributed by atoms with Crippen LogP contribution in [0.2, 0.25) is 0 Å². The number of aromatic nitrogens is 2. The van der Waals surface area contributed by atoms with Crippen molar-refractivity contribution in [2.24, 2.45) is 5.41 Å². The molecule has 0 aliphatic carbocycles. The van der Waals surface area contributed by atoms with Gasteiger partial charge in [-0.05, 0) is 23.1 Å². The third-order valence-corrected chi connectivity index (χ3v) is 4.42. The summed E-state index contributed by atoms with van der Waals surface area (Å²) in [5, 5.41) is 13.2. The maximum atomic E-state index is 9.79. The van der Waals surface area contributed by atoms with Crippen molar-refractivity contribution in [3.05, 3.63) is 60.2 Å². The van der Waals surface area contributed by atoms with Gasteiger partial charge in [-0.3, -0.25) is 0 Å². The van der Waals surface area contributed by atoms with Crippen molar-refractivity contribution >= 4 is 17.0 Å². The first kappa shape index (κ1) is 15.6. The molecule has 0 aliphatic heterocycles. The summed E-state index contributed by atoms with van der Waals surface area (Å²) >= 11 is 0. The van der Waals surface area contributed by atoms with Crippen molar-refractivity contribution in [1.82, 2.24) is 9.97 Å². The monoisotopic (exact) mass is 309 g/mol. The van der Waals surface area contributed by atoms with E-state index in [0.29, 0.717) is 6.54 Å². The Labute approximate surface area is 136 Å². The summed E-state index contributed by atoms with van der Waals surface area (Å²) in [5.74, 6) is 0.947. The van der Waals surface area contributed by atoms with E-state index in [-0.39, 0.29) is 17.9 Å². The number of anilines is 1. The van der Waals surface area contributed by atoms with Crippen LogP contribution in [0.4, 0.5) is 5.95 Å². The maximum absolute atomic E-state index is 9.79. The molecule has 0 saturated heterocycles. The summed E-state index contributed by atoms with van der Waals surface area (Å²) in [6, 6.07) is 18.3. The lowest BCUT2D eigenvalue weighted by Crippen LogP contribution is -2.31. The molecule has 0 saturated carbocycles. The molecule has 2 aromatic carbocycles. The normalized spacial score (nSPS) is 13.2. The van der Waals surface area contributed by atoms with E-state index in [2.05, 4.69) is 41.3 Å². The van der Waals surface area contributed by atoms with Gasteiger partial charge in [-0.1, -0.05) is 56.3 Å². The maximum Gasteiger partial charge on any atom is 0.201 e. The van der Waals surface area contributed by atoms with Crippen molar-refractivity contribution < 1.29 is 5.11 Å². The number of hydrogen-bond acceptors (Lipinski definition) is 3. The lowest BCUT2D eigenvalue weighted by Gasteiger charge is -2.33. The van der Waals surface area contributed by atoms with Gasteiger partial charge in [0.1, 0.15) is 0 Å². The molecule has 120 valence electrons. The van der Waals surface area contributed by atoms with Gasteiger partial charge in [-0.2, -0.15) is 0 Å². The number of aromatic amines is 1. The Balaban J connectivity index is 1.81. The fourth-order valence-corrected chi connectivity index (χ4v) is 2.88. The van der Waals surface area contributed by atoms with Crippen molar-refractivity contribution in [2.45, 2.75) is 19.8 Å². The van der Waals surface area contributed by atoms with Crippen LogP contribution in [-0.4, -0.2) is 28.2 Å². The molecule has 1 unspecified atom stereocenters. The van der Waals surface area contributed by atoms with Crippen LogP contribution in [0.5, 0.6) is 0 Å². The molecule has 1 aromatic heterocycles. The number of aliphatic hydroxyl groups excluding tert-OH is 1. The van der Waals surface area contributed by atoms with E-state index >= 15 is 0 Å². The molecule has 3 rings (SSSR count). The summed E-state index contributed by atoms with van der Waals surface area (Å²) in [7, 11) is 0. The molecular formula is C19H23N3O. The molecule has 0 amide bonds. The minimum Gasteiger partial charge on any atom is -0.396 e. The Hall–Kier alpha value is -2.33. The predicted octanol–water partition coefficient (Wildman–Crippen LogP) is 3.78. The van der Waals surface area contributed by atoms with Crippen LogP contribution >= 0.6 is 0 Å². The van der Waals surface area contributed by atoms with E-state index in [0.717, 1.165) is 17.0 Å². The number of H-pyrrole nitrogens is 1. The highest BCUT2D eigenvalue weighted by Crippen LogP contribution is 2.35. The highest BCUT2D eigenvalue weighted by Gasteiger charge is 2.30. The van der Waals surface area contributed by atoms with Crippen molar-refractivity contribution in [2.75, 3.05) is 18.5 Å². The van der Waals surface area contributed by atoms with Crippen molar-refractivity contribution in [3.8, 4) is 0 Å². The number of aliphatic hydroxyl groups is 1. The first-order chi connectivity index (χ1) is 11.1. The third kappa shape index (κ3) is 3.37. The van der Waals surface area contributed by atoms with E-state index in [1.165, 1.54) is 5.56 Å². The van der Waals surface area contributed by atoms with E-state index < -0.39 is 0 Å². The molecule has 0 spiro atoms. The van der Waals surface area contributed by atoms with Crippen LogP contribution in [0.3, 0.4) is 0 Å². The van der Waals surface area contributed by atoms with Crippen LogP contribution in [0.15, 0.2) is 54.6 Å². The minimum absolute atomic E-state index is 0.133. The summed E-state index contributed by atoms with van der Waals surface area (Å²) in [5.41, 5.74) is 2.97. The third-order valence-electron chi connectivity index (χ3n) is 4.42. The summed E-state index contributed by atoms with van der Waals surface area (Å²) in [6.07, 6.45) is 0. The Morgan fingerprint density at radius 1 is 1.09 bits per heavy atom. The molecule has 4 nitrogen and oxygen atoms in total. The molecule has 23 heavy (non-hydrogen) atoms. The van der Waals surface area contributed by atoms with Gasteiger partial charge in [0.2, 0.25) is 5.95 Å². The molecule has 3 aromatic rings. The van der Waals surface area contributed by atoms with Gasteiger partial charge in [0, 0.05) is 19.1 Å². The van der Waals surface area contributed by atoms with Crippen LogP contribution in [-0.2, 0) is 0 Å². The molecule has 1 atom stereocenters. The SMILES string of the molecule is CC(C)(CO)C(CNc1nc2ccccc2[nH]1)c1ccccc1. The molecule has 0 aliphatic rings. The quantitative estimate of drug-likeness (QED) is 0.649. The second-order valence-corrected chi connectivity index (χ2v) is 6.59. The molecule has 0 fully saturated rings. The Bertz CT molecular complexity index is 731. The summed E-state index contributed by atoms with van der Waals surface area (Å²) in [4.78, 5) is 7.84. The number of benzene rings is 2. The fourth-order valence-electron chi connectivity index (χ4n) is 2.88. The number of imidazole rings is 1. The van der Waals surface area contributed by atoms with Crippen LogP contribution in [0.25, 0.3) is 11.0 Å². The van der Waals surface area contributed by atoms with E-state index in [1.54, 1.807) is 0 Å². The first-order valence-electron chi connectivity index (χ1n) is 7.94. The smallest absolute Gasteiger partial charge is 0.201 e. The largest absolute Gasteiger partial charge is 0.396 e. The highest BCUT2D eigenvalue weighted by atomic mass is 16.3. The van der Waals surface area contributed by atoms with Crippen LogP contribution in [0, 0.1) is 5.41 Å². The van der Waals surface area contributed by atoms with E-state index in [9.17, 15) is 5.11 Å². The predicted molar refractivity (Wildman–Crippen MR) is 94.6 cm³/mol. The lowest BCUT2D eigenvalue weighted by molar-refractivity contribution is 0.134. The molecular weight excluding hydrogens is 286 g/mol. The Morgan fingerprint density at radius 2 is 1.78 bits per heavy atom. The van der Waals surface area contributed by atoms with E-state index in [1.807, 2.05) is 42.5 Å². The van der Waals surface area contributed by atoms with Gasteiger partial charge in [0.05, 0.1) is 11.0 Å². The summed E-state index contributed by atoms with van der Waals surface area (Å²) < 4.78 is 0. The van der Waals surface area contributed by atoms with Gasteiger partial charge in [0.25, 0.3) is 0 Å². The topological polar surface area (TPSA) is 60.9 Å². The van der Waals surface area contributed by atoms with Crippen LogP contribution in [0.1, 0.15) is 25.3 Å². The number of nitrogens with one attached hydrogen (secondary N) is 2. The van der Waals surface area contributed by atoms with Gasteiger partial charge in [-0.15, -0.1) is 0 Å². The molecule has 3 N–H and O–H groups in total. The second kappa shape index (κ2) is 6.42. The number of hydrogen-bond donors (Lipinski definition) is 3. The standard InChI is InChI=1S/C19H23N3O/c1-19(2,13-23)15(14-8-4-3-5-9-14)12-20-18-21-16-10-6-7-11-17(16)22-18/h3-11,15,23H,12-13H2,1-2H3,(H2,20,21,22). The zero-order chi connectivity index (χ0) is 16.3. The zero-order valence-corrected chi connectivity index (χ0v) is 13.6. The number of para-hydroxylation sites is 2. The number of fused-ring (bicyclic) bond motifs is 1.